The number of unbranched alkanes of at least 4 members (excludes halogenated alkanes) is 53. The second-order valence-corrected chi connectivity index (χ2v) is 23.5. The first kappa shape index (κ1) is 71.9. The van der Waals surface area contributed by atoms with Gasteiger partial charge in [-0.1, -0.05) is 354 Å². The minimum absolute atomic E-state index is 0.0141. The van der Waals surface area contributed by atoms with Crippen molar-refractivity contribution in [2.45, 2.75) is 405 Å². The highest BCUT2D eigenvalue weighted by molar-refractivity contribution is 5.76. The summed E-state index contributed by atoms with van der Waals surface area (Å²) in [4.78, 5) is 24.6. The van der Waals surface area contributed by atoms with E-state index in [1.807, 2.05) is 0 Å². The fourth-order valence-electron chi connectivity index (χ4n) is 11.0. The lowest BCUT2D eigenvalue weighted by Crippen LogP contribution is -2.45. The minimum atomic E-state index is -0.666. The summed E-state index contributed by atoms with van der Waals surface area (Å²) in [5.74, 6) is -0.0184. The second kappa shape index (κ2) is 63.4. The molecule has 0 rings (SSSR count). The summed E-state index contributed by atoms with van der Waals surface area (Å²) in [6.45, 7) is 5.00. The van der Waals surface area contributed by atoms with Crippen LogP contribution in [0.15, 0.2) is 0 Å². The van der Waals surface area contributed by atoms with Crippen molar-refractivity contribution in [2.24, 2.45) is 0 Å². The van der Waals surface area contributed by atoms with Crippen molar-refractivity contribution in [3.63, 3.8) is 0 Å². The van der Waals surface area contributed by atoms with Gasteiger partial charge in [-0.3, -0.25) is 9.59 Å². The van der Waals surface area contributed by atoms with E-state index in [2.05, 4.69) is 19.2 Å². The molecule has 3 N–H and O–H groups in total. The van der Waals surface area contributed by atoms with E-state index in [-0.39, 0.29) is 18.5 Å². The van der Waals surface area contributed by atoms with Gasteiger partial charge < -0.3 is 20.3 Å². The minimum Gasteiger partial charge on any atom is -0.466 e. The molecule has 6 heteroatoms. The summed E-state index contributed by atoms with van der Waals surface area (Å²) in [7, 11) is 0. The van der Waals surface area contributed by atoms with E-state index in [1.165, 1.54) is 321 Å². The van der Waals surface area contributed by atoms with Gasteiger partial charge in [0.15, 0.2) is 0 Å². The molecule has 0 aromatic carbocycles. The first-order valence-electron chi connectivity index (χ1n) is 33.8. The van der Waals surface area contributed by atoms with Gasteiger partial charge >= 0.3 is 5.97 Å². The van der Waals surface area contributed by atoms with Crippen LogP contribution in [0.1, 0.15) is 393 Å². The highest BCUT2D eigenvalue weighted by Gasteiger charge is 2.20. The Bertz CT molecular complexity index is 1050. The molecule has 0 aliphatic carbocycles. The van der Waals surface area contributed by atoms with Crippen molar-refractivity contribution >= 4 is 11.9 Å². The van der Waals surface area contributed by atoms with Gasteiger partial charge in [0.05, 0.1) is 25.4 Å². The molecule has 436 valence electrons. The molecule has 0 spiro atoms. The Morgan fingerprint density at radius 3 is 0.836 bits per heavy atom. The maximum atomic E-state index is 12.5. The normalized spacial score (nSPS) is 12.4. The van der Waals surface area contributed by atoms with Crippen LogP contribution in [-0.4, -0.2) is 47.4 Å². The lowest BCUT2D eigenvalue weighted by Gasteiger charge is -2.22. The number of hydrogen-bond donors (Lipinski definition) is 3. The third-order valence-corrected chi connectivity index (χ3v) is 16.2. The molecule has 0 bridgehead atoms. The number of nitrogens with one attached hydrogen (secondary N) is 1. The van der Waals surface area contributed by atoms with Crippen molar-refractivity contribution < 1.29 is 24.5 Å². The Kier molecular flexibility index (Phi) is 62.4. The Morgan fingerprint density at radius 1 is 0.329 bits per heavy atom. The first-order chi connectivity index (χ1) is 36.0. The summed E-state index contributed by atoms with van der Waals surface area (Å²) in [6, 6.07) is -0.543. The molecule has 6 nitrogen and oxygen atoms in total. The largest absolute Gasteiger partial charge is 0.466 e. The lowest BCUT2D eigenvalue weighted by atomic mass is 10.0. The smallest absolute Gasteiger partial charge is 0.305 e. The van der Waals surface area contributed by atoms with Gasteiger partial charge in [0.1, 0.15) is 0 Å². The third-order valence-electron chi connectivity index (χ3n) is 16.2. The summed E-state index contributed by atoms with van der Waals surface area (Å²) in [6.07, 6.45) is 75.5. The predicted molar refractivity (Wildman–Crippen MR) is 320 cm³/mol. The zero-order valence-corrected chi connectivity index (χ0v) is 49.9. The van der Waals surface area contributed by atoms with Crippen LogP contribution in [-0.2, 0) is 14.3 Å². The molecule has 0 heterocycles. The van der Waals surface area contributed by atoms with Crippen LogP contribution < -0.4 is 5.32 Å². The SMILES string of the molecule is CCCCCCCCCCCCCCCCCCCCCCCC(O)C(CO)NC(=O)CCCCCCCCCCCCCCCCCCCCCOC(=O)CCCCCCCCCCCCCCCCCC. The highest BCUT2D eigenvalue weighted by atomic mass is 16.5. The van der Waals surface area contributed by atoms with Crippen molar-refractivity contribution in [3.05, 3.63) is 0 Å². The van der Waals surface area contributed by atoms with Gasteiger partial charge in [-0.2, -0.15) is 0 Å². The van der Waals surface area contributed by atoms with Crippen LogP contribution in [0, 0.1) is 0 Å². The second-order valence-electron chi connectivity index (χ2n) is 23.5. The zero-order valence-electron chi connectivity index (χ0n) is 49.9. The highest BCUT2D eigenvalue weighted by Crippen LogP contribution is 2.19. The molecule has 0 radical (unpaired) electrons. The molecule has 0 saturated carbocycles. The van der Waals surface area contributed by atoms with E-state index in [9.17, 15) is 19.8 Å². The Hall–Kier alpha value is -1.14. The summed E-state index contributed by atoms with van der Waals surface area (Å²) in [5, 5.41) is 23.4. The average molecular weight is 1030 g/mol. The van der Waals surface area contributed by atoms with Crippen molar-refractivity contribution in [1.29, 1.82) is 0 Å². The van der Waals surface area contributed by atoms with Crippen LogP contribution >= 0.6 is 0 Å². The molecule has 0 aliphatic heterocycles. The molecule has 2 unspecified atom stereocenters. The topological polar surface area (TPSA) is 95.9 Å². The number of ether oxygens (including phenoxy) is 1. The Balaban J connectivity index is 3.38. The van der Waals surface area contributed by atoms with Gasteiger partial charge in [-0.05, 0) is 25.7 Å². The van der Waals surface area contributed by atoms with E-state index in [4.69, 9.17) is 4.74 Å². The number of hydrogen-bond acceptors (Lipinski definition) is 5. The molecule has 0 aromatic rings. The van der Waals surface area contributed by atoms with Crippen LogP contribution in [0.4, 0.5) is 0 Å². The Labute approximate surface area is 457 Å². The van der Waals surface area contributed by atoms with Crippen molar-refractivity contribution in [1.82, 2.24) is 5.32 Å². The maximum absolute atomic E-state index is 12.5. The molecular weight excluding hydrogens is 899 g/mol. The van der Waals surface area contributed by atoms with E-state index in [0.29, 0.717) is 25.9 Å². The fourth-order valence-corrected chi connectivity index (χ4v) is 11.0. The standard InChI is InChI=1S/C67H133NO5/c1-3-5-7-9-11-13-15-17-19-21-22-23-25-28-31-35-39-43-47-51-55-59-65(70)64(63-69)68-66(71)60-56-52-48-44-40-36-32-29-26-24-27-30-34-38-42-46-50-54-58-62-73-67(72)61-57-53-49-45-41-37-33-20-18-16-14-12-10-8-6-4-2/h64-65,69-70H,3-63H2,1-2H3,(H,68,71). The molecule has 0 fully saturated rings. The molecule has 1 amide bonds. The number of esters is 1. The number of amides is 1. The Morgan fingerprint density at radius 2 is 0.562 bits per heavy atom. The van der Waals surface area contributed by atoms with E-state index in [0.717, 1.165) is 38.5 Å². The number of aliphatic hydroxyl groups is 2. The third kappa shape index (κ3) is 60.0. The van der Waals surface area contributed by atoms with Crippen molar-refractivity contribution in [2.75, 3.05) is 13.2 Å². The van der Waals surface area contributed by atoms with Gasteiger partial charge in [-0.25, -0.2) is 0 Å². The zero-order chi connectivity index (χ0) is 52.9. The fraction of sp³-hybridized carbons (Fsp3) is 0.970. The van der Waals surface area contributed by atoms with Crippen molar-refractivity contribution in [3.8, 4) is 0 Å². The summed E-state index contributed by atoms with van der Waals surface area (Å²) >= 11 is 0. The van der Waals surface area contributed by atoms with Crippen LogP contribution in [0.2, 0.25) is 0 Å². The summed E-state index contributed by atoms with van der Waals surface area (Å²) in [5.41, 5.74) is 0. The van der Waals surface area contributed by atoms with Crippen LogP contribution in [0.25, 0.3) is 0 Å². The van der Waals surface area contributed by atoms with E-state index >= 15 is 0 Å². The molecule has 0 aromatic heterocycles. The quantitative estimate of drug-likeness (QED) is 0.0417. The van der Waals surface area contributed by atoms with Crippen LogP contribution in [0.5, 0.6) is 0 Å². The van der Waals surface area contributed by atoms with Gasteiger partial charge in [0.2, 0.25) is 5.91 Å². The summed E-state index contributed by atoms with van der Waals surface area (Å²) < 4.78 is 5.50. The number of carbonyl (C=O) groups excluding carboxylic acids is 2. The van der Waals surface area contributed by atoms with Gasteiger partial charge in [0.25, 0.3) is 0 Å². The van der Waals surface area contributed by atoms with E-state index < -0.39 is 12.1 Å². The van der Waals surface area contributed by atoms with E-state index in [1.54, 1.807) is 0 Å². The molecular formula is C67H133NO5. The predicted octanol–water partition coefficient (Wildman–Crippen LogP) is 21.4. The number of rotatable bonds is 64. The van der Waals surface area contributed by atoms with Gasteiger partial charge in [-0.15, -0.1) is 0 Å². The number of aliphatic hydroxyl groups excluding tert-OH is 2. The van der Waals surface area contributed by atoms with Gasteiger partial charge in [0, 0.05) is 12.8 Å². The lowest BCUT2D eigenvalue weighted by molar-refractivity contribution is -0.143. The maximum Gasteiger partial charge on any atom is 0.305 e. The molecule has 0 aliphatic rings. The average Bonchev–Trinajstić information content (AvgIpc) is 3.39. The monoisotopic (exact) mass is 1030 g/mol. The molecule has 73 heavy (non-hydrogen) atoms. The molecule has 2 atom stereocenters. The first-order valence-corrected chi connectivity index (χ1v) is 33.8. The number of carbonyl (C=O) groups is 2. The van der Waals surface area contributed by atoms with Crippen LogP contribution in [0.3, 0.4) is 0 Å². The molecule has 0 saturated heterocycles.